The van der Waals surface area contributed by atoms with E-state index >= 15 is 0 Å². The van der Waals surface area contributed by atoms with E-state index < -0.39 is 22.9 Å². The first kappa shape index (κ1) is 14.0. The number of carbonyl (C=O) groups excluding carboxylic acids is 1. The van der Waals surface area contributed by atoms with E-state index in [4.69, 9.17) is 11.6 Å². The topological polar surface area (TPSA) is 30.0 Å². The van der Waals surface area contributed by atoms with Gasteiger partial charge in [-0.25, -0.2) is 0 Å². The van der Waals surface area contributed by atoms with Crippen LogP contribution in [0.2, 0.25) is 5.02 Å². The number of alkyl halides is 3. The molecule has 0 atom stereocenters. The van der Waals surface area contributed by atoms with Crippen LogP contribution in [0.1, 0.15) is 36.8 Å². The Morgan fingerprint density at radius 3 is 2.18 bits per heavy atom. The number of carbonyl (C=O) groups is 1. The third kappa shape index (κ3) is 3.19. The highest BCUT2D eigenvalue weighted by molar-refractivity contribution is 6.33. The smallest absolute Gasteiger partial charge is 0.292 e. The maximum absolute atomic E-state index is 12.4. The minimum Gasteiger partial charge on any atom is -0.292 e. The van der Waals surface area contributed by atoms with E-state index in [0.29, 0.717) is 12.3 Å². The average molecular weight is 266 g/mol. The summed E-state index contributed by atoms with van der Waals surface area (Å²) in [6.45, 7) is 4.93. The van der Waals surface area contributed by atoms with Crippen molar-refractivity contribution in [1.82, 2.24) is 4.98 Å². The fourth-order valence-electron chi connectivity index (χ4n) is 1.12. The Labute approximate surface area is 102 Å². The van der Waals surface area contributed by atoms with Gasteiger partial charge in [-0.05, 0) is 6.07 Å². The van der Waals surface area contributed by atoms with Crippen molar-refractivity contribution in [2.24, 2.45) is 5.41 Å². The number of rotatable bonds is 1. The van der Waals surface area contributed by atoms with Crippen molar-refractivity contribution in [3.05, 3.63) is 28.5 Å². The molecule has 0 unspecified atom stereocenters. The highest BCUT2D eigenvalue weighted by Gasteiger charge is 2.33. The zero-order valence-electron chi connectivity index (χ0n) is 9.52. The van der Waals surface area contributed by atoms with Gasteiger partial charge in [-0.2, -0.15) is 13.2 Å². The van der Waals surface area contributed by atoms with Crippen LogP contribution in [0.4, 0.5) is 13.2 Å². The fourth-order valence-corrected chi connectivity index (χ4v) is 1.37. The molecule has 0 N–H and O–H groups in total. The number of hydrogen-bond acceptors (Lipinski definition) is 2. The van der Waals surface area contributed by atoms with E-state index in [1.165, 1.54) is 0 Å². The quantitative estimate of drug-likeness (QED) is 0.719. The molecule has 0 amide bonds. The predicted molar refractivity (Wildman–Crippen MR) is 58.0 cm³/mol. The number of halogens is 4. The molecule has 1 heterocycles. The Hall–Kier alpha value is -1.10. The van der Waals surface area contributed by atoms with Crippen molar-refractivity contribution >= 4 is 17.4 Å². The second kappa shape index (κ2) is 4.29. The van der Waals surface area contributed by atoms with Crippen LogP contribution in [-0.4, -0.2) is 10.8 Å². The van der Waals surface area contributed by atoms with Crippen LogP contribution in [0.3, 0.4) is 0 Å². The van der Waals surface area contributed by atoms with Gasteiger partial charge in [-0.1, -0.05) is 32.4 Å². The van der Waals surface area contributed by atoms with E-state index in [0.717, 1.165) is 0 Å². The molecule has 1 aromatic rings. The molecule has 0 saturated carbocycles. The first-order chi connectivity index (χ1) is 7.53. The van der Waals surface area contributed by atoms with Crippen LogP contribution in [0.25, 0.3) is 0 Å². The molecule has 0 spiro atoms. The number of nitrogens with zero attached hydrogens (tertiary/aromatic N) is 1. The maximum Gasteiger partial charge on any atom is 0.417 e. The SMILES string of the molecule is CC(C)(C)C(=O)c1ncc(C(F)(F)F)cc1Cl. The number of pyridine rings is 1. The van der Waals surface area contributed by atoms with Crippen molar-refractivity contribution in [2.45, 2.75) is 26.9 Å². The van der Waals surface area contributed by atoms with Gasteiger partial charge < -0.3 is 0 Å². The number of hydrogen-bond donors (Lipinski definition) is 0. The van der Waals surface area contributed by atoms with E-state index in [1.807, 2.05) is 0 Å². The molecule has 2 nitrogen and oxygen atoms in total. The van der Waals surface area contributed by atoms with Gasteiger partial charge in [0.2, 0.25) is 0 Å². The lowest BCUT2D eigenvalue weighted by Gasteiger charge is -2.17. The number of Topliss-reactive ketones (excluding diaryl/α,β-unsaturated/α-hetero) is 1. The van der Waals surface area contributed by atoms with Gasteiger partial charge in [0.25, 0.3) is 0 Å². The molecular formula is C11H11ClF3NO. The lowest BCUT2D eigenvalue weighted by atomic mass is 9.88. The second-order valence-electron chi connectivity index (χ2n) is 4.63. The van der Waals surface area contributed by atoms with Crippen molar-refractivity contribution < 1.29 is 18.0 Å². The van der Waals surface area contributed by atoms with Crippen LogP contribution in [0, 0.1) is 5.41 Å². The minimum absolute atomic E-state index is 0.132. The van der Waals surface area contributed by atoms with Crippen LogP contribution in [0.5, 0.6) is 0 Å². The highest BCUT2D eigenvalue weighted by atomic mass is 35.5. The first-order valence-electron chi connectivity index (χ1n) is 4.81. The van der Waals surface area contributed by atoms with Gasteiger partial charge in [0.05, 0.1) is 10.6 Å². The summed E-state index contributed by atoms with van der Waals surface area (Å²) in [6, 6.07) is 0.716. The molecule has 0 radical (unpaired) electrons. The summed E-state index contributed by atoms with van der Waals surface area (Å²) >= 11 is 5.65. The van der Waals surface area contributed by atoms with Crippen LogP contribution >= 0.6 is 11.6 Å². The van der Waals surface area contributed by atoms with Crippen LogP contribution < -0.4 is 0 Å². The number of ketones is 1. The summed E-state index contributed by atoms with van der Waals surface area (Å²) < 4.78 is 37.1. The van der Waals surface area contributed by atoms with Gasteiger partial charge >= 0.3 is 6.18 Å². The molecule has 0 bridgehead atoms. The summed E-state index contributed by atoms with van der Waals surface area (Å²) in [5.74, 6) is -0.392. The molecule has 0 aliphatic heterocycles. The Morgan fingerprint density at radius 1 is 1.29 bits per heavy atom. The molecule has 94 valence electrons. The highest BCUT2D eigenvalue weighted by Crippen LogP contribution is 2.32. The van der Waals surface area contributed by atoms with Gasteiger partial charge in [0.15, 0.2) is 5.78 Å². The molecule has 0 aromatic carbocycles. The summed E-state index contributed by atoms with van der Waals surface area (Å²) in [4.78, 5) is 15.3. The van der Waals surface area contributed by atoms with Gasteiger partial charge in [-0.15, -0.1) is 0 Å². The van der Waals surface area contributed by atoms with Gasteiger partial charge in [0, 0.05) is 11.6 Å². The summed E-state index contributed by atoms with van der Waals surface area (Å²) in [7, 11) is 0. The second-order valence-corrected chi connectivity index (χ2v) is 5.04. The molecule has 0 saturated heterocycles. The first-order valence-corrected chi connectivity index (χ1v) is 5.19. The normalized spacial score (nSPS) is 12.6. The fraction of sp³-hybridized carbons (Fsp3) is 0.455. The van der Waals surface area contributed by atoms with Crippen LogP contribution in [0.15, 0.2) is 12.3 Å². The van der Waals surface area contributed by atoms with Crippen molar-refractivity contribution in [2.75, 3.05) is 0 Å². The minimum atomic E-state index is -4.51. The van der Waals surface area contributed by atoms with E-state index in [9.17, 15) is 18.0 Å². The predicted octanol–water partition coefficient (Wildman–Crippen LogP) is 3.98. The lowest BCUT2D eigenvalue weighted by Crippen LogP contribution is -2.22. The third-order valence-electron chi connectivity index (χ3n) is 2.06. The molecule has 1 rings (SSSR count). The van der Waals surface area contributed by atoms with Gasteiger partial charge in [-0.3, -0.25) is 9.78 Å². The zero-order chi connectivity index (χ0) is 13.4. The maximum atomic E-state index is 12.4. The summed E-state index contributed by atoms with van der Waals surface area (Å²) in [6.07, 6.45) is -3.90. The Morgan fingerprint density at radius 2 is 1.82 bits per heavy atom. The number of aromatic nitrogens is 1. The molecule has 6 heteroatoms. The Bertz CT molecular complexity index is 449. The molecule has 0 aliphatic carbocycles. The largest absolute Gasteiger partial charge is 0.417 e. The van der Waals surface area contributed by atoms with Crippen molar-refractivity contribution in [3.8, 4) is 0 Å². The third-order valence-corrected chi connectivity index (χ3v) is 2.35. The van der Waals surface area contributed by atoms with Crippen molar-refractivity contribution in [3.63, 3.8) is 0 Å². The van der Waals surface area contributed by atoms with E-state index in [-0.39, 0.29) is 10.7 Å². The molecule has 0 fully saturated rings. The Kier molecular flexibility index (Phi) is 3.52. The Balaban J connectivity index is 3.20. The summed E-state index contributed by atoms with van der Waals surface area (Å²) in [5.41, 5.74) is -1.84. The van der Waals surface area contributed by atoms with Crippen molar-refractivity contribution in [1.29, 1.82) is 0 Å². The average Bonchev–Trinajstić information content (AvgIpc) is 2.13. The molecule has 1 aromatic heterocycles. The molecular weight excluding hydrogens is 255 g/mol. The summed E-state index contributed by atoms with van der Waals surface area (Å²) in [5, 5.41) is -0.278. The monoisotopic (exact) mass is 265 g/mol. The molecule has 0 aliphatic rings. The lowest BCUT2D eigenvalue weighted by molar-refractivity contribution is -0.137. The van der Waals surface area contributed by atoms with E-state index in [2.05, 4.69) is 4.98 Å². The van der Waals surface area contributed by atoms with Gasteiger partial charge in [0.1, 0.15) is 5.69 Å². The zero-order valence-corrected chi connectivity index (χ0v) is 10.3. The van der Waals surface area contributed by atoms with E-state index in [1.54, 1.807) is 20.8 Å². The molecule has 17 heavy (non-hydrogen) atoms. The van der Waals surface area contributed by atoms with Crippen LogP contribution in [-0.2, 0) is 6.18 Å². The standard InChI is InChI=1S/C11H11ClF3NO/c1-10(2,3)9(17)8-7(12)4-6(5-16-8)11(13,14)15/h4-5H,1-3H3.